The highest BCUT2D eigenvalue weighted by Crippen LogP contribution is 2.12. The molecule has 0 aromatic carbocycles. The first-order chi connectivity index (χ1) is 9.15. The summed E-state index contributed by atoms with van der Waals surface area (Å²) in [5.74, 6) is 1.61. The molecule has 1 atom stereocenters. The molecule has 1 aliphatic rings. The Morgan fingerprint density at radius 2 is 2.05 bits per heavy atom. The molecule has 110 valence electrons. The van der Waals surface area contributed by atoms with Gasteiger partial charge in [0.1, 0.15) is 0 Å². The van der Waals surface area contributed by atoms with Crippen molar-refractivity contribution in [1.82, 2.24) is 4.90 Å². The Balaban J connectivity index is 2.04. The van der Waals surface area contributed by atoms with Gasteiger partial charge in [0.15, 0.2) is 0 Å². The fraction of sp³-hybridized carbons (Fsp3) is 0.846. The van der Waals surface area contributed by atoms with Crippen molar-refractivity contribution < 1.29 is 19.1 Å². The van der Waals surface area contributed by atoms with Gasteiger partial charge in [0, 0.05) is 25.3 Å². The highest BCUT2D eigenvalue weighted by atomic mass is 32.2. The average molecular weight is 289 g/mol. The summed E-state index contributed by atoms with van der Waals surface area (Å²) in [6.45, 7) is 4.59. The maximum Gasteiger partial charge on any atom is 0.309 e. The van der Waals surface area contributed by atoms with Crippen LogP contribution in [0.5, 0.6) is 0 Å². The number of nitrogens with zero attached hydrogens (tertiary/aromatic N) is 1. The molecule has 1 heterocycles. The van der Waals surface area contributed by atoms with Crippen molar-refractivity contribution in [3.8, 4) is 0 Å². The van der Waals surface area contributed by atoms with E-state index in [0.29, 0.717) is 32.7 Å². The molecule has 0 bridgehead atoms. The number of ether oxygens (including phenoxy) is 2. The summed E-state index contributed by atoms with van der Waals surface area (Å²) < 4.78 is 9.87. The topological polar surface area (TPSA) is 55.8 Å². The van der Waals surface area contributed by atoms with Gasteiger partial charge in [0.2, 0.25) is 5.91 Å². The van der Waals surface area contributed by atoms with Crippen LogP contribution in [0, 0.1) is 5.92 Å². The van der Waals surface area contributed by atoms with Crippen molar-refractivity contribution in [1.29, 1.82) is 0 Å². The Labute approximate surface area is 119 Å². The minimum atomic E-state index is -0.170. The van der Waals surface area contributed by atoms with E-state index in [-0.39, 0.29) is 17.8 Å². The van der Waals surface area contributed by atoms with E-state index in [1.807, 2.05) is 11.8 Å². The Morgan fingerprint density at radius 1 is 1.37 bits per heavy atom. The lowest BCUT2D eigenvalue weighted by Gasteiger charge is -2.26. The lowest BCUT2D eigenvalue weighted by atomic mass is 10.2. The zero-order valence-corrected chi connectivity index (χ0v) is 12.5. The molecule has 0 aromatic rings. The molecule has 1 fully saturated rings. The van der Waals surface area contributed by atoms with Crippen molar-refractivity contribution in [2.75, 3.05) is 44.9 Å². The smallest absolute Gasteiger partial charge is 0.309 e. The zero-order chi connectivity index (χ0) is 14.1. The molecule has 0 aliphatic carbocycles. The van der Waals surface area contributed by atoms with Gasteiger partial charge in [-0.05, 0) is 12.2 Å². The molecule has 0 saturated carbocycles. The van der Waals surface area contributed by atoms with Crippen LogP contribution in [0.2, 0.25) is 0 Å². The Kier molecular flexibility index (Phi) is 7.90. The highest BCUT2D eigenvalue weighted by Gasteiger charge is 2.16. The van der Waals surface area contributed by atoms with Crippen LogP contribution in [-0.4, -0.2) is 61.7 Å². The Bertz CT molecular complexity index is 292. The second kappa shape index (κ2) is 9.20. The van der Waals surface area contributed by atoms with Gasteiger partial charge < -0.3 is 14.4 Å². The van der Waals surface area contributed by atoms with Crippen molar-refractivity contribution in [2.45, 2.75) is 19.8 Å². The number of carbonyl (C=O) groups is 2. The average Bonchev–Trinajstić information content (AvgIpc) is 2.46. The third kappa shape index (κ3) is 6.29. The van der Waals surface area contributed by atoms with E-state index in [1.54, 1.807) is 11.8 Å². The summed E-state index contributed by atoms with van der Waals surface area (Å²) in [6.07, 6.45) is 1.44. The second-order valence-corrected chi connectivity index (χ2v) is 5.75. The fourth-order valence-electron chi connectivity index (χ4n) is 1.83. The number of hydrogen-bond acceptors (Lipinski definition) is 5. The molecule has 1 rings (SSSR count). The number of hydrogen-bond donors (Lipinski definition) is 0. The summed E-state index contributed by atoms with van der Waals surface area (Å²) in [5.41, 5.74) is 0. The molecule has 5 nitrogen and oxygen atoms in total. The first-order valence-electron chi connectivity index (χ1n) is 6.66. The number of morpholine rings is 1. The zero-order valence-electron chi connectivity index (χ0n) is 11.7. The van der Waals surface area contributed by atoms with Gasteiger partial charge in [-0.2, -0.15) is 11.8 Å². The predicted octanol–water partition coefficient (Wildman–Crippen LogP) is 1.17. The van der Waals surface area contributed by atoms with Gasteiger partial charge in [0.05, 0.1) is 26.2 Å². The van der Waals surface area contributed by atoms with Crippen molar-refractivity contribution in [3.05, 3.63) is 0 Å². The van der Waals surface area contributed by atoms with E-state index >= 15 is 0 Å². The van der Waals surface area contributed by atoms with Gasteiger partial charge in [-0.15, -0.1) is 0 Å². The summed E-state index contributed by atoms with van der Waals surface area (Å²) in [7, 11) is 1.41. The van der Waals surface area contributed by atoms with Gasteiger partial charge in [-0.1, -0.05) is 6.92 Å². The summed E-state index contributed by atoms with van der Waals surface area (Å²) in [4.78, 5) is 24.9. The molecule has 1 amide bonds. The van der Waals surface area contributed by atoms with Gasteiger partial charge in [-0.3, -0.25) is 9.59 Å². The summed E-state index contributed by atoms with van der Waals surface area (Å²) in [6, 6.07) is 0. The van der Waals surface area contributed by atoms with Gasteiger partial charge >= 0.3 is 5.97 Å². The molecule has 1 unspecified atom stereocenters. The maximum atomic E-state index is 11.8. The number of rotatable bonds is 7. The van der Waals surface area contributed by atoms with E-state index in [9.17, 15) is 9.59 Å². The minimum Gasteiger partial charge on any atom is -0.469 e. The quantitative estimate of drug-likeness (QED) is 0.520. The summed E-state index contributed by atoms with van der Waals surface area (Å²) >= 11 is 1.70. The molecule has 19 heavy (non-hydrogen) atoms. The first kappa shape index (κ1) is 16.3. The standard InChI is InChI=1S/C13H23NO4S/c1-11(13(16)17-2)10-19-9-3-4-12(15)14-5-7-18-8-6-14/h11H,3-10H2,1-2H3. The normalized spacial score (nSPS) is 17.1. The van der Waals surface area contributed by atoms with Crippen molar-refractivity contribution in [3.63, 3.8) is 0 Å². The van der Waals surface area contributed by atoms with E-state index < -0.39 is 0 Å². The lowest BCUT2D eigenvalue weighted by Crippen LogP contribution is -2.40. The predicted molar refractivity (Wildman–Crippen MR) is 75.1 cm³/mol. The third-order valence-corrected chi connectivity index (χ3v) is 4.33. The largest absolute Gasteiger partial charge is 0.469 e. The Hall–Kier alpha value is -0.750. The van der Waals surface area contributed by atoms with Crippen LogP contribution in [0.4, 0.5) is 0 Å². The molecule has 1 saturated heterocycles. The van der Waals surface area contributed by atoms with E-state index in [1.165, 1.54) is 7.11 Å². The Morgan fingerprint density at radius 3 is 2.68 bits per heavy atom. The molecule has 6 heteroatoms. The monoisotopic (exact) mass is 289 g/mol. The number of methoxy groups -OCH3 is 1. The highest BCUT2D eigenvalue weighted by molar-refractivity contribution is 7.99. The fourth-order valence-corrected chi connectivity index (χ4v) is 2.83. The second-order valence-electron chi connectivity index (χ2n) is 4.60. The van der Waals surface area contributed by atoms with E-state index in [2.05, 4.69) is 4.74 Å². The van der Waals surface area contributed by atoms with Gasteiger partial charge in [0.25, 0.3) is 0 Å². The molecule has 0 spiro atoms. The van der Waals surface area contributed by atoms with Crippen LogP contribution < -0.4 is 0 Å². The van der Waals surface area contributed by atoms with Crippen LogP contribution in [0.1, 0.15) is 19.8 Å². The van der Waals surface area contributed by atoms with Crippen LogP contribution in [0.3, 0.4) is 0 Å². The first-order valence-corrected chi connectivity index (χ1v) is 7.81. The number of amides is 1. The van der Waals surface area contributed by atoms with Crippen LogP contribution >= 0.6 is 11.8 Å². The molecule has 0 aromatic heterocycles. The molecule has 0 radical (unpaired) electrons. The van der Waals surface area contributed by atoms with Gasteiger partial charge in [-0.25, -0.2) is 0 Å². The summed E-state index contributed by atoms with van der Waals surface area (Å²) in [5, 5.41) is 0. The maximum absolute atomic E-state index is 11.8. The number of esters is 1. The number of carbonyl (C=O) groups excluding carboxylic acids is 2. The minimum absolute atomic E-state index is 0.0788. The SMILES string of the molecule is COC(=O)C(C)CSCCCC(=O)N1CCOCC1. The van der Waals surface area contributed by atoms with E-state index in [4.69, 9.17) is 4.74 Å². The van der Waals surface area contributed by atoms with Crippen LogP contribution in [0.25, 0.3) is 0 Å². The molecular formula is C13H23NO4S. The van der Waals surface area contributed by atoms with Crippen molar-refractivity contribution >= 4 is 23.6 Å². The third-order valence-electron chi connectivity index (χ3n) is 3.01. The lowest BCUT2D eigenvalue weighted by molar-refractivity contribution is -0.144. The van der Waals surface area contributed by atoms with E-state index in [0.717, 1.165) is 17.9 Å². The molecule has 1 aliphatic heterocycles. The number of thioether (sulfide) groups is 1. The molecular weight excluding hydrogens is 266 g/mol. The van der Waals surface area contributed by atoms with Crippen molar-refractivity contribution in [2.24, 2.45) is 5.92 Å². The van der Waals surface area contributed by atoms with Crippen LogP contribution in [0.15, 0.2) is 0 Å². The molecule has 0 N–H and O–H groups in total. The van der Waals surface area contributed by atoms with Crippen LogP contribution in [-0.2, 0) is 19.1 Å².